The summed E-state index contributed by atoms with van der Waals surface area (Å²) >= 11 is 0. The summed E-state index contributed by atoms with van der Waals surface area (Å²) in [5.41, 5.74) is 0.648. The quantitative estimate of drug-likeness (QED) is 0.761. The molecule has 1 amide bonds. The summed E-state index contributed by atoms with van der Waals surface area (Å²) in [5, 5.41) is 18.1. The second kappa shape index (κ2) is 8.36. The number of benzene rings is 1. The van der Waals surface area contributed by atoms with E-state index in [0.29, 0.717) is 12.0 Å². The molecular weight excluding hydrogens is 277 g/mol. The first kappa shape index (κ1) is 17.1. The zero-order chi connectivity index (χ0) is 15.8. The molecule has 0 aliphatic carbocycles. The summed E-state index contributed by atoms with van der Waals surface area (Å²) in [5.74, 6) is -1.65. The van der Waals surface area contributed by atoms with Crippen molar-refractivity contribution in [3.63, 3.8) is 0 Å². The van der Waals surface area contributed by atoms with Gasteiger partial charge in [0.2, 0.25) is 5.91 Å². The highest BCUT2D eigenvalue weighted by Gasteiger charge is 2.22. The number of carbonyl (C=O) groups is 2. The van der Waals surface area contributed by atoms with E-state index in [0.717, 1.165) is 0 Å². The molecule has 1 rings (SSSR count). The first-order valence-corrected chi connectivity index (χ1v) is 6.84. The van der Waals surface area contributed by atoms with Gasteiger partial charge in [0.05, 0.1) is 25.5 Å². The molecule has 0 saturated carbocycles. The van der Waals surface area contributed by atoms with Crippen molar-refractivity contribution < 1.29 is 24.2 Å². The Morgan fingerprint density at radius 3 is 2.38 bits per heavy atom. The van der Waals surface area contributed by atoms with Crippen molar-refractivity contribution in [2.45, 2.75) is 32.2 Å². The Labute approximate surface area is 123 Å². The van der Waals surface area contributed by atoms with E-state index < -0.39 is 12.0 Å². The number of aliphatic carboxylic acids is 1. The number of aliphatic hydroxyl groups excluding tert-OH is 1. The Kier molecular flexibility index (Phi) is 6.81. The van der Waals surface area contributed by atoms with Crippen LogP contribution in [0.25, 0.3) is 0 Å². The molecule has 1 unspecified atom stereocenters. The SMILES string of the molecule is CCC(CO)N(CCC(=O)O)C(=O)Cc1ccc(F)cc1. The van der Waals surface area contributed by atoms with Crippen molar-refractivity contribution in [3.05, 3.63) is 35.6 Å². The summed E-state index contributed by atoms with van der Waals surface area (Å²) < 4.78 is 12.8. The van der Waals surface area contributed by atoms with Gasteiger partial charge in [-0.15, -0.1) is 0 Å². The van der Waals surface area contributed by atoms with Gasteiger partial charge in [-0.1, -0.05) is 19.1 Å². The van der Waals surface area contributed by atoms with E-state index in [1.54, 1.807) is 0 Å². The lowest BCUT2D eigenvalue weighted by Gasteiger charge is -2.29. The maximum absolute atomic E-state index is 12.8. The van der Waals surface area contributed by atoms with Gasteiger partial charge in [-0.25, -0.2) is 4.39 Å². The average Bonchev–Trinajstić information content (AvgIpc) is 2.45. The summed E-state index contributed by atoms with van der Waals surface area (Å²) in [6.07, 6.45) is 0.410. The molecule has 1 atom stereocenters. The fourth-order valence-corrected chi connectivity index (χ4v) is 2.05. The lowest BCUT2D eigenvalue weighted by Crippen LogP contribution is -2.44. The first-order chi connectivity index (χ1) is 9.97. The lowest BCUT2D eigenvalue weighted by atomic mass is 10.1. The van der Waals surface area contributed by atoms with Crippen molar-refractivity contribution >= 4 is 11.9 Å². The predicted molar refractivity (Wildman–Crippen MR) is 75.2 cm³/mol. The van der Waals surface area contributed by atoms with Crippen molar-refractivity contribution in [3.8, 4) is 0 Å². The molecule has 0 saturated heterocycles. The summed E-state index contributed by atoms with van der Waals surface area (Å²) in [4.78, 5) is 24.4. The molecule has 0 spiro atoms. The zero-order valence-electron chi connectivity index (χ0n) is 12.0. The lowest BCUT2D eigenvalue weighted by molar-refractivity contribution is -0.139. The summed E-state index contributed by atoms with van der Waals surface area (Å²) in [7, 11) is 0. The van der Waals surface area contributed by atoms with E-state index >= 15 is 0 Å². The standard InChI is InChI=1S/C15H20FNO4/c1-2-13(10-18)17(8-7-15(20)21)14(19)9-11-3-5-12(16)6-4-11/h3-6,13,18H,2,7-10H2,1H3,(H,20,21). The van der Waals surface area contributed by atoms with Crippen LogP contribution in [0.2, 0.25) is 0 Å². The topological polar surface area (TPSA) is 77.8 Å². The largest absolute Gasteiger partial charge is 0.481 e. The molecule has 1 aromatic rings. The van der Waals surface area contributed by atoms with Gasteiger partial charge < -0.3 is 15.1 Å². The minimum Gasteiger partial charge on any atom is -0.481 e. The van der Waals surface area contributed by atoms with Gasteiger partial charge in [0.15, 0.2) is 0 Å². The average molecular weight is 297 g/mol. The number of hydrogen-bond donors (Lipinski definition) is 2. The van der Waals surface area contributed by atoms with Crippen molar-refractivity contribution in [2.24, 2.45) is 0 Å². The number of carboxylic acids is 1. The molecule has 0 aromatic heterocycles. The molecular formula is C15H20FNO4. The Bertz CT molecular complexity index is 471. The fourth-order valence-electron chi connectivity index (χ4n) is 2.05. The summed E-state index contributed by atoms with van der Waals surface area (Å²) in [6, 6.07) is 5.17. The number of carboxylic acid groups (broad SMARTS) is 1. The molecule has 116 valence electrons. The van der Waals surface area contributed by atoms with Crippen LogP contribution in [0.15, 0.2) is 24.3 Å². The second-order valence-corrected chi connectivity index (χ2v) is 4.78. The van der Waals surface area contributed by atoms with Crippen LogP contribution >= 0.6 is 0 Å². The number of nitrogens with zero attached hydrogens (tertiary/aromatic N) is 1. The summed E-state index contributed by atoms with van der Waals surface area (Å²) in [6.45, 7) is 1.65. The fraction of sp³-hybridized carbons (Fsp3) is 0.467. The van der Waals surface area contributed by atoms with E-state index in [1.165, 1.54) is 29.2 Å². The van der Waals surface area contributed by atoms with Crippen LogP contribution in [0.5, 0.6) is 0 Å². The third-order valence-corrected chi connectivity index (χ3v) is 3.28. The van der Waals surface area contributed by atoms with Gasteiger partial charge in [0.1, 0.15) is 5.82 Å². The van der Waals surface area contributed by atoms with Crippen molar-refractivity contribution in [1.82, 2.24) is 4.90 Å². The van der Waals surface area contributed by atoms with E-state index in [9.17, 15) is 19.1 Å². The molecule has 0 aliphatic rings. The van der Waals surface area contributed by atoms with E-state index in [1.807, 2.05) is 6.92 Å². The Morgan fingerprint density at radius 2 is 1.90 bits per heavy atom. The highest BCUT2D eigenvalue weighted by atomic mass is 19.1. The number of hydrogen-bond acceptors (Lipinski definition) is 3. The zero-order valence-corrected chi connectivity index (χ0v) is 12.0. The van der Waals surface area contributed by atoms with Gasteiger partial charge in [0.25, 0.3) is 0 Å². The molecule has 1 aromatic carbocycles. The third-order valence-electron chi connectivity index (χ3n) is 3.28. The number of rotatable bonds is 8. The highest BCUT2D eigenvalue weighted by Crippen LogP contribution is 2.10. The van der Waals surface area contributed by atoms with Crippen molar-refractivity contribution in [2.75, 3.05) is 13.2 Å². The van der Waals surface area contributed by atoms with Gasteiger partial charge in [-0.3, -0.25) is 9.59 Å². The van der Waals surface area contributed by atoms with E-state index in [4.69, 9.17) is 5.11 Å². The molecule has 5 nitrogen and oxygen atoms in total. The van der Waals surface area contributed by atoms with Crippen molar-refractivity contribution in [1.29, 1.82) is 0 Å². The van der Waals surface area contributed by atoms with Gasteiger partial charge in [0, 0.05) is 6.54 Å². The normalized spacial score (nSPS) is 12.0. The predicted octanol–water partition coefficient (Wildman–Crippen LogP) is 1.44. The van der Waals surface area contributed by atoms with Crippen LogP contribution in [0.1, 0.15) is 25.3 Å². The second-order valence-electron chi connectivity index (χ2n) is 4.78. The van der Waals surface area contributed by atoms with Gasteiger partial charge in [-0.2, -0.15) is 0 Å². The third kappa shape index (κ3) is 5.51. The molecule has 0 heterocycles. The molecule has 0 aliphatic heterocycles. The Balaban J connectivity index is 2.78. The van der Waals surface area contributed by atoms with Crippen LogP contribution in [-0.2, 0) is 16.0 Å². The maximum atomic E-state index is 12.8. The number of aliphatic hydroxyl groups is 1. The smallest absolute Gasteiger partial charge is 0.305 e. The molecule has 21 heavy (non-hydrogen) atoms. The molecule has 0 radical (unpaired) electrons. The first-order valence-electron chi connectivity index (χ1n) is 6.84. The molecule has 0 bridgehead atoms. The molecule has 6 heteroatoms. The highest BCUT2D eigenvalue weighted by molar-refractivity contribution is 5.79. The maximum Gasteiger partial charge on any atom is 0.305 e. The van der Waals surface area contributed by atoms with Crippen LogP contribution < -0.4 is 0 Å². The van der Waals surface area contributed by atoms with Gasteiger partial charge in [-0.05, 0) is 24.1 Å². The number of halogens is 1. The van der Waals surface area contributed by atoms with Crippen LogP contribution in [0.4, 0.5) is 4.39 Å². The minimum absolute atomic E-state index is 0.0500. The van der Waals surface area contributed by atoms with E-state index in [2.05, 4.69) is 0 Å². The van der Waals surface area contributed by atoms with E-state index in [-0.39, 0.29) is 37.7 Å². The molecule has 2 N–H and O–H groups in total. The Morgan fingerprint density at radius 1 is 1.29 bits per heavy atom. The van der Waals surface area contributed by atoms with Crippen LogP contribution in [0, 0.1) is 5.82 Å². The van der Waals surface area contributed by atoms with Crippen LogP contribution in [-0.4, -0.2) is 46.2 Å². The minimum atomic E-state index is -0.998. The number of carbonyl (C=O) groups excluding carboxylic acids is 1. The monoisotopic (exact) mass is 297 g/mol. The molecule has 0 fully saturated rings. The number of amides is 1. The van der Waals surface area contributed by atoms with Gasteiger partial charge >= 0.3 is 5.97 Å². The van der Waals surface area contributed by atoms with Crippen LogP contribution in [0.3, 0.4) is 0 Å². The Hall–Kier alpha value is -1.95.